The second-order valence-corrected chi connectivity index (χ2v) is 4.25. The molecule has 0 bridgehead atoms. The lowest BCUT2D eigenvalue weighted by Gasteiger charge is -2.04. The van der Waals surface area contributed by atoms with Gasteiger partial charge in [-0.15, -0.1) is 0 Å². The zero-order chi connectivity index (χ0) is 14.2. The van der Waals surface area contributed by atoms with Crippen LogP contribution in [0.4, 0.5) is 0 Å². The van der Waals surface area contributed by atoms with E-state index in [9.17, 15) is 4.79 Å². The molecule has 0 saturated carbocycles. The average Bonchev–Trinajstić information content (AvgIpc) is 2.48. The molecular weight excluding hydrogens is 252 g/mol. The van der Waals surface area contributed by atoms with Crippen molar-refractivity contribution in [1.82, 2.24) is 5.43 Å². The second kappa shape index (κ2) is 7.09. The lowest BCUT2D eigenvalue weighted by Crippen LogP contribution is -2.24. The summed E-state index contributed by atoms with van der Waals surface area (Å²) in [4.78, 5) is 11.5. The number of carbonyl (C=O) groups is 1. The van der Waals surface area contributed by atoms with Gasteiger partial charge in [0, 0.05) is 0 Å². The highest BCUT2D eigenvalue weighted by molar-refractivity contribution is 5.84. The zero-order valence-corrected chi connectivity index (χ0v) is 11.2. The van der Waals surface area contributed by atoms with Gasteiger partial charge in [0.1, 0.15) is 5.75 Å². The van der Waals surface area contributed by atoms with E-state index in [4.69, 9.17) is 4.74 Å². The number of carbonyl (C=O) groups excluding carboxylic acids is 1. The van der Waals surface area contributed by atoms with Crippen LogP contribution in [0.1, 0.15) is 11.1 Å². The number of nitrogens with one attached hydrogen (secondary N) is 1. The fraction of sp³-hybridized carbons (Fsp3) is 0.125. The van der Waals surface area contributed by atoms with Gasteiger partial charge in [-0.1, -0.05) is 42.5 Å². The van der Waals surface area contributed by atoms with E-state index in [-0.39, 0.29) is 12.5 Å². The predicted molar refractivity (Wildman–Crippen MR) is 78.9 cm³/mol. The lowest BCUT2D eigenvalue weighted by atomic mass is 10.1. The summed E-state index contributed by atoms with van der Waals surface area (Å²) in [5.74, 6) is 0.365. The summed E-state index contributed by atoms with van der Waals surface area (Å²) < 4.78 is 5.31. The van der Waals surface area contributed by atoms with Gasteiger partial charge >= 0.3 is 0 Å². The third-order valence-corrected chi connectivity index (χ3v) is 2.69. The molecule has 0 unspecified atom stereocenters. The summed E-state index contributed by atoms with van der Waals surface area (Å²) in [5, 5.41) is 3.91. The van der Waals surface area contributed by atoms with E-state index in [2.05, 4.69) is 10.5 Å². The normalized spacial score (nSPS) is 10.4. The average molecular weight is 268 g/mol. The Balaban J connectivity index is 1.79. The van der Waals surface area contributed by atoms with Gasteiger partial charge in [-0.05, 0) is 30.2 Å². The molecule has 0 radical (unpaired) electrons. The van der Waals surface area contributed by atoms with Crippen LogP contribution in [-0.4, -0.2) is 18.7 Å². The third kappa shape index (κ3) is 4.24. The van der Waals surface area contributed by atoms with Gasteiger partial charge < -0.3 is 4.74 Å². The minimum atomic E-state index is -0.293. The first kappa shape index (κ1) is 13.8. The summed E-state index contributed by atoms with van der Waals surface area (Å²) in [7, 11) is 0. The summed E-state index contributed by atoms with van der Waals surface area (Å²) in [6.07, 6.45) is 1.62. The molecular formula is C16H16N2O2. The maximum absolute atomic E-state index is 11.5. The van der Waals surface area contributed by atoms with Crippen LogP contribution in [0.25, 0.3) is 0 Å². The van der Waals surface area contributed by atoms with Gasteiger partial charge in [-0.25, -0.2) is 5.43 Å². The molecule has 4 heteroatoms. The highest BCUT2D eigenvalue weighted by Crippen LogP contribution is 2.07. The monoisotopic (exact) mass is 268 g/mol. The molecule has 0 aliphatic rings. The molecule has 0 heterocycles. The largest absolute Gasteiger partial charge is 0.484 e. The van der Waals surface area contributed by atoms with E-state index in [1.165, 1.54) is 0 Å². The Morgan fingerprint density at radius 2 is 1.85 bits per heavy atom. The zero-order valence-electron chi connectivity index (χ0n) is 11.2. The number of hydrazone groups is 1. The third-order valence-electron chi connectivity index (χ3n) is 2.69. The molecule has 4 nitrogen and oxygen atoms in total. The van der Waals surface area contributed by atoms with Crippen molar-refractivity contribution >= 4 is 12.1 Å². The summed E-state index contributed by atoms with van der Waals surface area (Å²) >= 11 is 0. The molecule has 0 spiro atoms. The topological polar surface area (TPSA) is 50.7 Å². The van der Waals surface area contributed by atoms with Gasteiger partial charge in [0.05, 0.1) is 6.21 Å². The summed E-state index contributed by atoms with van der Waals surface area (Å²) in [6.45, 7) is 1.93. The first-order valence-corrected chi connectivity index (χ1v) is 6.31. The van der Waals surface area contributed by atoms with Crippen molar-refractivity contribution in [2.45, 2.75) is 6.92 Å². The number of hydrogen-bond donors (Lipinski definition) is 1. The van der Waals surface area contributed by atoms with E-state index < -0.39 is 0 Å². The Morgan fingerprint density at radius 1 is 1.15 bits per heavy atom. The Bertz CT molecular complexity index is 594. The van der Waals surface area contributed by atoms with Gasteiger partial charge in [0.15, 0.2) is 6.61 Å². The second-order valence-electron chi connectivity index (χ2n) is 4.25. The van der Waals surface area contributed by atoms with E-state index in [0.717, 1.165) is 11.1 Å². The number of amides is 1. The maximum Gasteiger partial charge on any atom is 0.277 e. The van der Waals surface area contributed by atoms with Crippen molar-refractivity contribution < 1.29 is 9.53 Å². The lowest BCUT2D eigenvalue weighted by molar-refractivity contribution is -0.123. The van der Waals surface area contributed by atoms with Gasteiger partial charge in [0.25, 0.3) is 5.91 Å². The van der Waals surface area contributed by atoms with E-state index in [0.29, 0.717) is 5.75 Å². The van der Waals surface area contributed by atoms with Crippen LogP contribution in [0.2, 0.25) is 0 Å². The molecule has 0 fully saturated rings. The number of para-hydroxylation sites is 1. The Hall–Kier alpha value is -2.62. The summed E-state index contributed by atoms with van der Waals surface area (Å²) in [5.41, 5.74) is 4.51. The van der Waals surface area contributed by atoms with Gasteiger partial charge in [-0.2, -0.15) is 5.10 Å². The van der Waals surface area contributed by atoms with Crippen LogP contribution in [-0.2, 0) is 4.79 Å². The molecule has 1 N–H and O–H groups in total. The Labute approximate surface area is 118 Å². The molecule has 2 rings (SSSR count). The number of nitrogens with zero attached hydrogens (tertiary/aromatic N) is 1. The molecule has 1 amide bonds. The van der Waals surface area contributed by atoms with Crippen molar-refractivity contribution in [2.24, 2.45) is 5.10 Å². The van der Waals surface area contributed by atoms with Gasteiger partial charge in [-0.3, -0.25) is 4.79 Å². The number of ether oxygens (including phenoxy) is 1. The van der Waals surface area contributed by atoms with Gasteiger partial charge in [0.2, 0.25) is 0 Å². The first-order chi connectivity index (χ1) is 9.75. The van der Waals surface area contributed by atoms with E-state index in [1.54, 1.807) is 18.3 Å². The van der Waals surface area contributed by atoms with Crippen LogP contribution in [0.15, 0.2) is 59.7 Å². The molecule has 0 aliphatic heterocycles. The molecule has 0 aliphatic carbocycles. The van der Waals surface area contributed by atoms with E-state index >= 15 is 0 Å². The van der Waals surface area contributed by atoms with Crippen LogP contribution in [0.5, 0.6) is 5.75 Å². The SMILES string of the molecule is Cc1ccccc1C=NNC(=O)COc1ccccc1. The maximum atomic E-state index is 11.5. The molecule has 2 aromatic carbocycles. The van der Waals surface area contributed by atoms with Crippen molar-refractivity contribution in [3.63, 3.8) is 0 Å². The van der Waals surface area contributed by atoms with Crippen molar-refractivity contribution in [3.8, 4) is 5.75 Å². The highest BCUT2D eigenvalue weighted by Gasteiger charge is 2.00. The molecule has 0 atom stereocenters. The summed E-state index contributed by atoms with van der Waals surface area (Å²) in [6, 6.07) is 17.0. The molecule has 102 valence electrons. The number of aryl methyl sites for hydroxylation is 1. The highest BCUT2D eigenvalue weighted by atomic mass is 16.5. The minimum Gasteiger partial charge on any atom is -0.484 e. The fourth-order valence-corrected chi connectivity index (χ4v) is 1.60. The first-order valence-electron chi connectivity index (χ1n) is 6.31. The quantitative estimate of drug-likeness (QED) is 0.669. The Kier molecular flexibility index (Phi) is 4.89. The molecule has 2 aromatic rings. The van der Waals surface area contributed by atoms with Crippen LogP contribution in [0.3, 0.4) is 0 Å². The molecule has 20 heavy (non-hydrogen) atoms. The van der Waals surface area contributed by atoms with Crippen molar-refractivity contribution in [3.05, 3.63) is 65.7 Å². The molecule has 0 aromatic heterocycles. The number of rotatable bonds is 5. The smallest absolute Gasteiger partial charge is 0.277 e. The predicted octanol–water partition coefficient (Wildman–Crippen LogP) is 2.52. The van der Waals surface area contributed by atoms with Crippen LogP contribution >= 0.6 is 0 Å². The minimum absolute atomic E-state index is 0.0604. The van der Waals surface area contributed by atoms with Crippen molar-refractivity contribution in [1.29, 1.82) is 0 Å². The van der Waals surface area contributed by atoms with Crippen LogP contribution in [0, 0.1) is 6.92 Å². The van der Waals surface area contributed by atoms with Crippen LogP contribution < -0.4 is 10.2 Å². The van der Waals surface area contributed by atoms with E-state index in [1.807, 2.05) is 49.4 Å². The molecule has 0 saturated heterocycles. The standard InChI is InChI=1S/C16H16N2O2/c1-13-7-5-6-8-14(13)11-17-18-16(19)12-20-15-9-3-2-4-10-15/h2-11H,12H2,1H3,(H,18,19). The Morgan fingerprint density at radius 3 is 2.60 bits per heavy atom. The number of hydrogen-bond acceptors (Lipinski definition) is 3. The fourth-order valence-electron chi connectivity index (χ4n) is 1.60. The number of benzene rings is 2. The van der Waals surface area contributed by atoms with Crippen molar-refractivity contribution in [2.75, 3.05) is 6.61 Å².